The van der Waals surface area contributed by atoms with Gasteiger partial charge in [-0.05, 0) is 37.6 Å². The molecule has 0 unspecified atom stereocenters. The molecule has 0 spiro atoms. The van der Waals surface area contributed by atoms with E-state index in [4.69, 9.17) is 0 Å². The van der Waals surface area contributed by atoms with Gasteiger partial charge in [-0.2, -0.15) is 0 Å². The molecule has 1 aliphatic rings. The van der Waals surface area contributed by atoms with Crippen LogP contribution in [-0.2, 0) is 21.2 Å². The van der Waals surface area contributed by atoms with Crippen LogP contribution in [0.4, 0.5) is 11.4 Å². The number of hydrogen-bond donors (Lipinski definition) is 0. The summed E-state index contributed by atoms with van der Waals surface area (Å²) < 4.78 is 25.5. The number of likely N-dealkylation sites (N-methyl/N-ethyl adjacent to an activating group) is 1. The van der Waals surface area contributed by atoms with Crippen molar-refractivity contribution < 1.29 is 13.2 Å². The van der Waals surface area contributed by atoms with Gasteiger partial charge in [0.25, 0.3) is 0 Å². The topological polar surface area (TPSA) is 57.7 Å². The summed E-state index contributed by atoms with van der Waals surface area (Å²) in [5, 5.41) is -0.477. The minimum atomic E-state index is -3.34. The number of anilines is 2. The van der Waals surface area contributed by atoms with Crippen molar-refractivity contribution in [3.63, 3.8) is 0 Å². The lowest BCUT2D eigenvalue weighted by Crippen LogP contribution is -2.33. The number of fused-ring (bicyclic) bond motifs is 1. The lowest BCUT2D eigenvalue weighted by Gasteiger charge is -2.22. The van der Waals surface area contributed by atoms with Crippen LogP contribution >= 0.6 is 0 Å². The molecule has 0 aliphatic carbocycles. The Bertz CT molecular complexity index is 623. The Kier molecular flexibility index (Phi) is 3.30. The van der Waals surface area contributed by atoms with Gasteiger partial charge in [0.15, 0.2) is 0 Å². The van der Waals surface area contributed by atoms with Crippen LogP contribution in [0.5, 0.6) is 0 Å². The van der Waals surface area contributed by atoms with Crippen LogP contribution in [0.15, 0.2) is 18.2 Å². The lowest BCUT2D eigenvalue weighted by atomic mass is 10.1. The number of nitrogens with zero attached hydrogens (tertiary/aromatic N) is 2. The molecule has 2 rings (SSSR count). The first-order valence-electron chi connectivity index (χ1n) is 6.12. The molecule has 0 aromatic heterocycles. The number of sulfonamides is 1. The summed E-state index contributed by atoms with van der Waals surface area (Å²) in [6, 6.07) is 5.30. The molecule has 104 valence electrons. The number of hydrogen-bond acceptors (Lipinski definition) is 3. The monoisotopic (exact) mass is 282 g/mol. The molecule has 5 nitrogen and oxygen atoms in total. The van der Waals surface area contributed by atoms with Gasteiger partial charge < -0.3 is 4.90 Å². The molecule has 0 bridgehead atoms. The minimum Gasteiger partial charge on any atom is -0.315 e. The van der Waals surface area contributed by atoms with Gasteiger partial charge in [-0.3, -0.25) is 9.10 Å². The molecule has 1 aliphatic heterocycles. The lowest BCUT2D eigenvalue weighted by molar-refractivity contribution is -0.117. The van der Waals surface area contributed by atoms with Crippen LogP contribution < -0.4 is 9.21 Å². The van der Waals surface area contributed by atoms with Crippen LogP contribution in [0.3, 0.4) is 0 Å². The maximum Gasteiger partial charge on any atom is 0.237 e. The van der Waals surface area contributed by atoms with E-state index >= 15 is 0 Å². The van der Waals surface area contributed by atoms with Crippen molar-refractivity contribution in [2.45, 2.75) is 25.5 Å². The Morgan fingerprint density at radius 3 is 2.53 bits per heavy atom. The predicted octanol–water partition coefficient (Wildman–Crippen LogP) is 1.38. The highest BCUT2D eigenvalue weighted by Crippen LogP contribution is 2.32. The molecular formula is C13H18N2O3S. The van der Waals surface area contributed by atoms with E-state index in [0.717, 1.165) is 11.3 Å². The molecule has 6 heteroatoms. The molecule has 0 radical (unpaired) electrons. The fourth-order valence-corrected chi connectivity index (χ4v) is 3.16. The number of amides is 1. The van der Waals surface area contributed by atoms with Gasteiger partial charge >= 0.3 is 0 Å². The van der Waals surface area contributed by atoms with Crippen LogP contribution in [0.2, 0.25) is 0 Å². The van der Waals surface area contributed by atoms with Gasteiger partial charge in [-0.1, -0.05) is 0 Å². The third kappa shape index (κ3) is 2.20. The number of carbonyl (C=O) groups excluding carboxylic acids is 1. The van der Waals surface area contributed by atoms with E-state index in [1.54, 1.807) is 44.0 Å². The highest BCUT2D eigenvalue weighted by Gasteiger charge is 2.27. The van der Waals surface area contributed by atoms with Gasteiger partial charge in [-0.15, -0.1) is 0 Å². The summed E-state index contributed by atoms with van der Waals surface area (Å²) in [6.07, 6.45) is 0.329. The first-order valence-corrected chi connectivity index (χ1v) is 7.62. The van der Waals surface area contributed by atoms with Crippen molar-refractivity contribution in [1.29, 1.82) is 0 Å². The maximum absolute atomic E-state index is 12.1. The van der Waals surface area contributed by atoms with E-state index in [2.05, 4.69) is 0 Å². The molecule has 0 saturated heterocycles. The molecule has 0 atom stereocenters. The third-order valence-corrected chi connectivity index (χ3v) is 5.65. The fourth-order valence-electron chi connectivity index (χ4n) is 2.12. The summed E-state index contributed by atoms with van der Waals surface area (Å²) in [5.41, 5.74) is 2.32. The fraction of sp³-hybridized carbons (Fsp3) is 0.462. The Hall–Kier alpha value is -1.56. The van der Waals surface area contributed by atoms with Gasteiger partial charge in [0, 0.05) is 19.8 Å². The van der Waals surface area contributed by atoms with Crippen LogP contribution in [0, 0.1) is 0 Å². The summed E-state index contributed by atoms with van der Waals surface area (Å²) in [5.74, 6) is 0.0292. The van der Waals surface area contributed by atoms with E-state index < -0.39 is 15.3 Å². The average molecular weight is 282 g/mol. The SMILES string of the molecule is CC(C)S(=O)(=O)N(C)c1ccc2c(c1)CC(=O)N2C. The number of carbonyl (C=O) groups is 1. The van der Waals surface area contributed by atoms with E-state index in [-0.39, 0.29) is 5.91 Å². The largest absolute Gasteiger partial charge is 0.315 e. The standard InChI is InChI=1S/C13H18N2O3S/c1-9(2)19(17,18)15(4)11-5-6-12-10(7-11)8-13(16)14(12)3/h5-7,9H,8H2,1-4H3. The summed E-state index contributed by atoms with van der Waals surface area (Å²) in [6.45, 7) is 3.30. The summed E-state index contributed by atoms with van der Waals surface area (Å²) >= 11 is 0. The molecule has 0 N–H and O–H groups in total. The van der Waals surface area contributed by atoms with Gasteiger partial charge in [-0.25, -0.2) is 8.42 Å². The Labute approximate surface area is 113 Å². The zero-order valence-corrected chi connectivity index (χ0v) is 12.4. The smallest absolute Gasteiger partial charge is 0.237 e. The van der Waals surface area contributed by atoms with E-state index in [1.807, 2.05) is 0 Å². The van der Waals surface area contributed by atoms with Crippen molar-refractivity contribution in [3.8, 4) is 0 Å². The molecule has 0 fully saturated rings. The second-order valence-electron chi connectivity index (χ2n) is 5.00. The van der Waals surface area contributed by atoms with Crippen LogP contribution in [0.1, 0.15) is 19.4 Å². The zero-order chi connectivity index (χ0) is 14.4. The van der Waals surface area contributed by atoms with Crippen molar-refractivity contribution in [2.24, 2.45) is 0 Å². The highest BCUT2D eigenvalue weighted by molar-refractivity contribution is 7.93. The Morgan fingerprint density at radius 2 is 1.95 bits per heavy atom. The van der Waals surface area contributed by atoms with Crippen molar-refractivity contribution >= 4 is 27.3 Å². The Morgan fingerprint density at radius 1 is 1.32 bits per heavy atom. The number of rotatable bonds is 3. The zero-order valence-electron chi connectivity index (χ0n) is 11.5. The van der Waals surface area contributed by atoms with Crippen molar-refractivity contribution in [1.82, 2.24) is 0 Å². The summed E-state index contributed by atoms with van der Waals surface area (Å²) in [4.78, 5) is 13.2. The minimum absolute atomic E-state index is 0.0292. The normalized spacial score (nSPS) is 15.0. The van der Waals surface area contributed by atoms with E-state index in [0.29, 0.717) is 12.1 Å². The van der Waals surface area contributed by atoms with E-state index in [9.17, 15) is 13.2 Å². The second kappa shape index (κ2) is 4.52. The van der Waals surface area contributed by atoms with Gasteiger partial charge in [0.2, 0.25) is 15.9 Å². The molecule has 1 aromatic rings. The first kappa shape index (κ1) is 13.9. The highest BCUT2D eigenvalue weighted by atomic mass is 32.2. The van der Waals surface area contributed by atoms with Crippen LogP contribution in [0.25, 0.3) is 0 Å². The second-order valence-corrected chi connectivity index (χ2v) is 7.52. The van der Waals surface area contributed by atoms with E-state index in [1.165, 1.54) is 11.4 Å². The third-order valence-electron chi connectivity index (χ3n) is 3.48. The maximum atomic E-state index is 12.1. The molecule has 1 amide bonds. The molecular weight excluding hydrogens is 264 g/mol. The first-order chi connectivity index (χ1) is 8.75. The molecule has 19 heavy (non-hydrogen) atoms. The van der Waals surface area contributed by atoms with Crippen molar-refractivity contribution in [3.05, 3.63) is 23.8 Å². The van der Waals surface area contributed by atoms with Crippen molar-refractivity contribution in [2.75, 3.05) is 23.3 Å². The molecule has 1 heterocycles. The summed E-state index contributed by atoms with van der Waals surface area (Å²) in [7, 11) is -0.0758. The molecule has 1 aromatic carbocycles. The van der Waals surface area contributed by atoms with Gasteiger partial charge in [0.05, 0.1) is 17.4 Å². The predicted molar refractivity (Wildman–Crippen MR) is 76.0 cm³/mol. The number of benzene rings is 1. The quantitative estimate of drug-likeness (QED) is 0.841. The molecule has 0 saturated carbocycles. The average Bonchev–Trinajstić information content (AvgIpc) is 2.63. The van der Waals surface area contributed by atoms with Gasteiger partial charge in [0.1, 0.15) is 0 Å². The Balaban J connectivity index is 2.40. The van der Waals surface area contributed by atoms with Crippen LogP contribution in [-0.4, -0.2) is 33.7 Å².